The van der Waals surface area contributed by atoms with Crippen LogP contribution in [0, 0.1) is 0 Å². The van der Waals surface area contributed by atoms with Crippen LogP contribution in [0.1, 0.15) is 12.5 Å². The second-order valence-corrected chi connectivity index (χ2v) is 4.00. The zero-order valence-electron chi connectivity index (χ0n) is 10.8. The fraction of sp³-hybridized carbons (Fsp3) is 0.385. The van der Waals surface area contributed by atoms with Crippen LogP contribution in [-0.4, -0.2) is 36.3 Å². The highest BCUT2D eigenvalue weighted by Gasteiger charge is 2.13. The van der Waals surface area contributed by atoms with E-state index in [1.807, 2.05) is 30.3 Å². The highest BCUT2D eigenvalue weighted by Crippen LogP contribution is 1.99. The molecule has 6 heteroatoms. The van der Waals surface area contributed by atoms with E-state index in [4.69, 9.17) is 9.84 Å². The number of benzene rings is 1. The molecule has 1 aromatic carbocycles. The molecule has 0 saturated carbocycles. The number of amides is 2. The molecule has 6 nitrogen and oxygen atoms in total. The Hall–Kier alpha value is -2.08. The lowest BCUT2D eigenvalue weighted by molar-refractivity contribution is -0.122. The number of ether oxygens (including phenoxy) is 1. The quantitative estimate of drug-likeness (QED) is 0.642. The summed E-state index contributed by atoms with van der Waals surface area (Å²) in [6.45, 7) is 2.69. The van der Waals surface area contributed by atoms with Crippen LogP contribution in [0.15, 0.2) is 30.3 Å². The molecular weight excluding hydrogens is 248 g/mol. The Morgan fingerprint density at radius 2 is 2.00 bits per heavy atom. The monoisotopic (exact) mass is 266 g/mol. The van der Waals surface area contributed by atoms with Crippen LogP contribution in [0.2, 0.25) is 0 Å². The fourth-order valence-corrected chi connectivity index (χ4v) is 1.41. The molecule has 2 amide bonds. The van der Waals surface area contributed by atoms with Crippen LogP contribution in [0.25, 0.3) is 0 Å². The molecule has 0 fully saturated rings. The molecule has 0 aromatic heterocycles. The first kappa shape index (κ1) is 15.0. The normalized spacial score (nSPS) is 11.6. The van der Waals surface area contributed by atoms with Gasteiger partial charge in [-0.15, -0.1) is 0 Å². The second-order valence-electron chi connectivity index (χ2n) is 4.00. The first-order valence-corrected chi connectivity index (χ1v) is 5.98. The Morgan fingerprint density at radius 1 is 1.32 bits per heavy atom. The van der Waals surface area contributed by atoms with Crippen molar-refractivity contribution in [1.29, 1.82) is 0 Å². The van der Waals surface area contributed by atoms with Gasteiger partial charge in [-0.1, -0.05) is 30.3 Å². The maximum Gasteiger partial charge on any atom is 0.405 e. The van der Waals surface area contributed by atoms with E-state index in [1.54, 1.807) is 0 Å². The van der Waals surface area contributed by atoms with E-state index in [0.29, 0.717) is 19.8 Å². The van der Waals surface area contributed by atoms with Crippen molar-refractivity contribution in [2.75, 3.05) is 13.2 Å². The van der Waals surface area contributed by atoms with Crippen molar-refractivity contribution in [2.45, 2.75) is 19.6 Å². The third-order valence-electron chi connectivity index (χ3n) is 2.39. The zero-order chi connectivity index (χ0) is 14.1. The maximum absolute atomic E-state index is 11.4. The fourth-order valence-electron chi connectivity index (χ4n) is 1.41. The van der Waals surface area contributed by atoms with Crippen LogP contribution in [0.3, 0.4) is 0 Å². The van der Waals surface area contributed by atoms with Gasteiger partial charge in [0.2, 0.25) is 5.91 Å². The molecule has 1 aromatic rings. The van der Waals surface area contributed by atoms with Gasteiger partial charge in [0.1, 0.15) is 6.04 Å². The largest absolute Gasteiger partial charge is 0.465 e. The Bertz CT molecular complexity index is 408. The van der Waals surface area contributed by atoms with Crippen molar-refractivity contribution >= 4 is 12.0 Å². The van der Waals surface area contributed by atoms with Crippen molar-refractivity contribution in [1.82, 2.24) is 10.6 Å². The Morgan fingerprint density at radius 3 is 2.63 bits per heavy atom. The van der Waals surface area contributed by atoms with E-state index in [1.165, 1.54) is 6.92 Å². The number of hydrogen-bond donors (Lipinski definition) is 3. The molecule has 0 spiro atoms. The van der Waals surface area contributed by atoms with E-state index >= 15 is 0 Å². The van der Waals surface area contributed by atoms with Gasteiger partial charge in [0, 0.05) is 6.54 Å². The SMILES string of the molecule is CC(NC(=O)O)C(=O)NCCOCc1ccccc1. The molecular formula is C13H18N2O4. The average Bonchev–Trinajstić information content (AvgIpc) is 2.38. The number of carbonyl (C=O) groups is 2. The first-order valence-electron chi connectivity index (χ1n) is 5.98. The topological polar surface area (TPSA) is 87.7 Å². The Balaban J connectivity index is 2.10. The van der Waals surface area contributed by atoms with Crippen molar-refractivity contribution < 1.29 is 19.4 Å². The summed E-state index contributed by atoms with van der Waals surface area (Å²) in [7, 11) is 0. The van der Waals surface area contributed by atoms with Crippen LogP contribution in [-0.2, 0) is 16.1 Å². The molecule has 0 saturated heterocycles. The number of nitrogens with one attached hydrogen (secondary N) is 2. The van der Waals surface area contributed by atoms with Crippen LogP contribution in [0.5, 0.6) is 0 Å². The average molecular weight is 266 g/mol. The van der Waals surface area contributed by atoms with Gasteiger partial charge in [0.15, 0.2) is 0 Å². The summed E-state index contributed by atoms with van der Waals surface area (Å²) in [4.78, 5) is 21.8. The molecule has 0 aliphatic rings. The predicted octanol–water partition coefficient (Wildman–Crippen LogP) is 0.975. The molecule has 0 radical (unpaired) electrons. The van der Waals surface area contributed by atoms with Gasteiger partial charge in [0.05, 0.1) is 13.2 Å². The molecule has 3 N–H and O–H groups in total. The smallest absolute Gasteiger partial charge is 0.405 e. The van der Waals surface area contributed by atoms with E-state index in [0.717, 1.165) is 5.56 Å². The summed E-state index contributed by atoms with van der Waals surface area (Å²) in [5.74, 6) is -0.370. The number of rotatable bonds is 7. The molecule has 0 heterocycles. The molecule has 104 valence electrons. The maximum atomic E-state index is 11.4. The highest BCUT2D eigenvalue weighted by molar-refractivity contribution is 5.84. The first-order chi connectivity index (χ1) is 9.09. The van der Waals surface area contributed by atoms with Crippen molar-refractivity contribution in [3.63, 3.8) is 0 Å². The van der Waals surface area contributed by atoms with E-state index in [2.05, 4.69) is 10.6 Å². The van der Waals surface area contributed by atoms with E-state index in [-0.39, 0.29) is 5.91 Å². The summed E-state index contributed by atoms with van der Waals surface area (Å²) in [5.41, 5.74) is 1.06. The van der Waals surface area contributed by atoms with Crippen LogP contribution < -0.4 is 10.6 Å². The Kier molecular flexibility index (Phi) is 6.38. The molecule has 0 aliphatic heterocycles. The van der Waals surface area contributed by atoms with E-state index in [9.17, 15) is 9.59 Å². The molecule has 0 bridgehead atoms. The minimum atomic E-state index is -1.22. The molecule has 0 aliphatic carbocycles. The number of carbonyl (C=O) groups excluding carboxylic acids is 1. The van der Waals surface area contributed by atoms with Crippen LogP contribution >= 0.6 is 0 Å². The highest BCUT2D eigenvalue weighted by atomic mass is 16.5. The summed E-state index contributed by atoms with van der Waals surface area (Å²) in [5, 5.41) is 13.1. The van der Waals surface area contributed by atoms with Gasteiger partial charge >= 0.3 is 6.09 Å². The van der Waals surface area contributed by atoms with E-state index < -0.39 is 12.1 Å². The van der Waals surface area contributed by atoms with Gasteiger partial charge < -0.3 is 20.5 Å². The second kappa shape index (κ2) is 8.10. The van der Waals surface area contributed by atoms with Gasteiger partial charge in [-0.3, -0.25) is 4.79 Å². The van der Waals surface area contributed by atoms with Crippen LogP contribution in [0.4, 0.5) is 4.79 Å². The van der Waals surface area contributed by atoms with Crippen molar-refractivity contribution in [3.05, 3.63) is 35.9 Å². The molecule has 19 heavy (non-hydrogen) atoms. The lowest BCUT2D eigenvalue weighted by Crippen LogP contribution is -2.45. The third-order valence-corrected chi connectivity index (χ3v) is 2.39. The third kappa shape index (κ3) is 6.42. The lowest BCUT2D eigenvalue weighted by Gasteiger charge is -2.12. The van der Waals surface area contributed by atoms with Gasteiger partial charge in [-0.2, -0.15) is 0 Å². The minimum Gasteiger partial charge on any atom is -0.465 e. The summed E-state index contributed by atoms with van der Waals surface area (Å²) in [6, 6.07) is 8.93. The van der Waals surface area contributed by atoms with Crippen molar-refractivity contribution in [3.8, 4) is 0 Å². The molecule has 1 atom stereocenters. The number of hydrogen-bond acceptors (Lipinski definition) is 3. The van der Waals surface area contributed by atoms with Gasteiger partial charge in [-0.25, -0.2) is 4.79 Å². The zero-order valence-corrected chi connectivity index (χ0v) is 10.8. The molecule has 1 unspecified atom stereocenters. The minimum absolute atomic E-state index is 0.345. The summed E-state index contributed by atoms with van der Waals surface area (Å²) < 4.78 is 5.38. The summed E-state index contributed by atoms with van der Waals surface area (Å²) in [6.07, 6.45) is -1.22. The standard InChI is InChI=1S/C13H18N2O4/c1-10(15-13(17)18)12(16)14-7-8-19-9-11-5-3-2-4-6-11/h2-6,10,15H,7-9H2,1H3,(H,14,16)(H,17,18). The Labute approximate surface area is 111 Å². The van der Waals surface area contributed by atoms with Gasteiger partial charge in [0.25, 0.3) is 0 Å². The number of carboxylic acid groups (broad SMARTS) is 1. The van der Waals surface area contributed by atoms with Crippen molar-refractivity contribution in [2.24, 2.45) is 0 Å². The van der Waals surface area contributed by atoms with Gasteiger partial charge in [-0.05, 0) is 12.5 Å². The lowest BCUT2D eigenvalue weighted by atomic mass is 10.2. The molecule has 1 rings (SSSR count). The predicted molar refractivity (Wildman–Crippen MR) is 69.7 cm³/mol. The summed E-state index contributed by atoms with van der Waals surface area (Å²) >= 11 is 0.